The number of ether oxygens (including phenoxy) is 2. The summed E-state index contributed by atoms with van der Waals surface area (Å²) in [5, 5.41) is 14.5. The second-order valence-electron chi connectivity index (χ2n) is 8.63. The lowest BCUT2D eigenvalue weighted by molar-refractivity contribution is -0.113. The largest absolute Gasteiger partial charge is 0.494 e. The van der Waals surface area contributed by atoms with Crippen molar-refractivity contribution in [1.29, 1.82) is 0 Å². The molecule has 8 heteroatoms. The fourth-order valence-corrected chi connectivity index (χ4v) is 4.81. The van der Waals surface area contributed by atoms with Crippen LogP contribution >= 0.6 is 11.8 Å². The molecule has 0 aliphatic carbocycles. The zero-order chi connectivity index (χ0) is 26.3. The summed E-state index contributed by atoms with van der Waals surface area (Å²) in [5.41, 5.74) is 2.81. The Morgan fingerprint density at radius 2 is 1.58 bits per heavy atom. The van der Waals surface area contributed by atoms with Gasteiger partial charge in [-0.2, -0.15) is 0 Å². The molecule has 1 amide bonds. The molecule has 38 heavy (non-hydrogen) atoms. The van der Waals surface area contributed by atoms with E-state index in [0.29, 0.717) is 17.6 Å². The van der Waals surface area contributed by atoms with Crippen LogP contribution in [0.25, 0.3) is 16.5 Å². The summed E-state index contributed by atoms with van der Waals surface area (Å²) in [4.78, 5) is 12.9. The fourth-order valence-electron chi connectivity index (χ4n) is 4.04. The molecule has 0 aliphatic rings. The topological polar surface area (TPSA) is 78.3 Å². The summed E-state index contributed by atoms with van der Waals surface area (Å²) < 4.78 is 13.5. The highest BCUT2D eigenvalue weighted by atomic mass is 32.2. The van der Waals surface area contributed by atoms with Gasteiger partial charge >= 0.3 is 0 Å². The molecule has 5 rings (SSSR count). The van der Waals surface area contributed by atoms with Crippen molar-refractivity contribution in [3.05, 3.63) is 102 Å². The van der Waals surface area contributed by atoms with Gasteiger partial charge < -0.3 is 14.8 Å². The highest BCUT2D eigenvalue weighted by Gasteiger charge is 2.17. The summed E-state index contributed by atoms with van der Waals surface area (Å²) in [6.07, 6.45) is 0. The number of carbonyl (C=O) groups is 1. The van der Waals surface area contributed by atoms with E-state index in [0.717, 1.165) is 39.2 Å². The third kappa shape index (κ3) is 5.98. The molecule has 0 saturated carbocycles. The minimum Gasteiger partial charge on any atom is -0.494 e. The van der Waals surface area contributed by atoms with Crippen molar-refractivity contribution in [2.75, 3.05) is 17.7 Å². The number of aryl methyl sites for hydroxylation is 1. The summed E-state index contributed by atoms with van der Waals surface area (Å²) in [6, 6.07) is 29.4. The Labute approximate surface area is 225 Å². The number of benzene rings is 4. The normalized spacial score (nSPS) is 10.9. The molecule has 7 nitrogen and oxygen atoms in total. The van der Waals surface area contributed by atoms with E-state index in [9.17, 15) is 4.79 Å². The molecule has 1 heterocycles. The van der Waals surface area contributed by atoms with Crippen molar-refractivity contribution < 1.29 is 14.3 Å². The smallest absolute Gasteiger partial charge is 0.234 e. The molecular weight excluding hydrogens is 496 g/mol. The Bertz CT molecular complexity index is 1530. The van der Waals surface area contributed by atoms with Gasteiger partial charge in [0.25, 0.3) is 0 Å². The summed E-state index contributed by atoms with van der Waals surface area (Å²) in [5.74, 6) is 2.22. The number of thioether (sulfide) groups is 1. The predicted molar refractivity (Wildman–Crippen MR) is 151 cm³/mol. The van der Waals surface area contributed by atoms with E-state index in [-0.39, 0.29) is 18.3 Å². The Morgan fingerprint density at radius 3 is 2.37 bits per heavy atom. The summed E-state index contributed by atoms with van der Waals surface area (Å²) in [7, 11) is 0. The second kappa shape index (κ2) is 11.8. The summed E-state index contributed by atoms with van der Waals surface area (Å²) >= 11 is 1.32. The number of nitrogens with one attached hydrogen (secondary N) is 1. The molecule has 0 radical (unpaired) electrons. The average Bonchev–Trinajstić information content (AvgIpc) is 3.35. The number of hydrogen-bond donors (Lipinski definition) is 1. The van der Waals surface area contributed by atoms with E-state index >= 15 is 0 Å². The number of carbonyl (C=O) groups excluding carboxylic acids is 1. The van der Waals surface area contributed by atoms with Crippen LogP contribution < -0.4 is 14.8 Å². The molecule has 0 aliphatic heterocycles. The number of rotatable bonds is 10. The van der Waals surface area contributed by atoms with Crippen LogP contribution in [0.1, 0.15) is 18.3 Å². The first kappa shape index (κ1) is 25.4. The lowest BCUT2D eigenvalue weighted by Crippen LogP contribution is -2.15. The van der Waals surface area contributed by atoms with Gasteiger partial charge in [-0.25, -0.2) is 0 Å². The standard InChI is InChI=1S/C30H28N4O3S/c1-3-36-24-17-13-23(14-18-24)34-28(19-37-25-15-11-21(2)12-16-25)32-33-30(34)38-20-29(35)31-27-10-6-8-22-7-4-5-9-26(22)27/h4-18H,3,19-20H2,1-2H3,(H,31,35). The molecule has 0 fully saturated rings. The second-order valence-corrected chi connectivity index (χ2v) is 9.57. The zero-order valence-electron chi connectivity index (χ0n) is 21.3. The van der Waals surface area contributed by atoms with Crippen molar-refractivity contribution >= 4 is 34.1 Å². The quantitative estimate of drug-likeness (QED) is 0.212. The molecular formula is C30H28N4O3S. The maximum absolute atomic E-state index is 12.9. The monoisotopic (exact) mass is 524 g/mol. The Balaban J connectivity index is 1.34. The van der Waals surface area contributed by atoms with E-state index in [1.165, 1.54) is 11.8 Å². The maximum Gasteiger partial charge on any atom is 0.234 e. The van der Waals surface area contributed by atoms with Crippen LogP contribution in [0.4, 0.5) is 5.69 Å². The van der Waals surface area contributed by atoms with Crippen LogP contribution in [0, 0.1) is 6.92 Å². The first-order valence-electron chi connectivity index (χ1n) is 12.4. The lowest BCUT2D eigenvalue weighted by Gasteiger charge is -2.12. The molecule has 0 unspecified atom stereocenters. The molecule has 0 saturated heterocycles. The van der Waals surface area contributed by atoms with Crippen LogP contribution in [0.15, 0.2) is 96.2 Å². The number of fused-ring (bicyclic) bond motifs is 1. The molecule has 5 aromatic rings. The van der Waals surface area contributed by atoms with E-state index < -0.39 is 0 Å². The van der Waals surface area contributed by atoms with Gasteiger partial charge in [0.05, 0.1) is 12.4 Å². The minimum atomic E-state index is -0.120. The van der Waals surface area contributed by atoms with E-state index in [1.54, 1.807) is 0 Å². The van der Waals surface area contributed by atoms with Gasteiger partial charge in [-0.05, 0) is 61.7 Å². The Hall–Kier alpha value is -4.30. The predicted octanol–water partition coefficient (Wildman–Crippen LogP) is 6.44. The molecule has 4 aromatic carbocycles. The molecule has 0 atom stereocenters. The van der Waals surface area contributed by atoms with Crippen LogP contribution in [-0.4, -0.2) is 33.0 Å². The number of amides is 1. The van der Waals surface area contributed by atoms with Crippen molar-refractivity contribution in [3.8, 4) is 17.2 Å². The van der Waals surface area contributed by atoms with Crippen molar-refractivity contribution in [2.24, 2.45) is 0 Å². The number of anilines is 1. The first-order valence-corrected chi connectivity index (χ1v) is 13.4. The van der Waals surface area contributed by atoms with E-state index in [2.05, 4.69) is 15.5 Å². The zero-order valence-corrected chi connectivity index (χ0v) is 22.1. The molecule has 1 N–H and O–H groups in total. The minimum absolute atomic E-state index is 0.120. The van der Waals surface area contributed by atoms with Gasteiger partial charge in [0.1, 0.15) is 18.1 Å². The van der Waals surface area contributed by atoms with Gasteiger partial charge in [-0.3, -0.25) is 9.36 Å². The average molecular weight is 525 g/mol. The van der Waals surface area contributed by atoms with Gasteiger partial charge in [-0.15, -0.1) is 10.2 Å². The molecule has 1 aromatic heterocycles. The van der Waals surface area contributed by atoms with Gasteiger partial charge in [-0.1, -0.05) is 65.9 Å². The Kier molecular flexibility index (Phi) is 7.89. The first-order chi connectivity index (χ1) is 18.6. The maximum atomic E-state index is 12.9. The highest BCUT2D eigenvalue weighted by Crippen LogP contribution is 2.27. The number of aromatic nitrogens is 3. The van der Waals surface area contributed by atoms with Crippen molar-refractivity contribution in [3.63, 3.8) is 0 Å². The number of hydrogen-bond acceptors (Lipinski definition) is 6. The van der Waals surface area contributed by atoms with E-state index in [1.807, 2.05) is 109 Å². The fraction of sp³-hybridized carbons (Fsp3) is 0.167. The lowest BCUT2D eigenvalue weighted by atomic mass is 10.1. The van der Waals surface area contributed by atoms with Crippen LogP contribution in [-0.2, 0) is 11.4 Å². The highest BCUT2D eigenvalue weighted by molar-refractivity contribution is 7.99. The van der Waals surface area contributed by atoms with Crippen LogP contribution in [0.5, 0.6) is 11.5 Å². The third-order valence-electron chi connectivity index (χ3n) is 5.89. The summed E-state index contributed by atoms with van der Waals surface area (Å²) in [6.45, 7) is 4.80. The molecule has 0 spiro atoms. The van der Waals surface area contributed by atoms with Gasteiger partial charge in [0.15, 0.2) is 11.0 Å². The van der Waals surface area contributed by atoms with E-state index in [4.69, 9.17) is 9.47 Å². The Morgan fingerprint density at radius 1 is 0.868 bits per heavy atom. The molecule has 192 valence electrons. The van der Waals surface area contributed by atoms with Crippen LogP contribution in [0.3, 0.4) is 0 Å². The van der Waals surface area contributed by atoms with Crippen molar-refractivity contribution in [1.82, 2.24) is 14.8 Å². The van der Waals surface area contributed by atoms with Crippen molar-refractivity contribution in [2.45, 2.75) is 25.6 Å². The SMILES string of the molecule is CCOc1ccc(-n2c(COc3ccc(C)cc3)nnc2SCC(=O)Nc2cccc3ccccc23)cc1. The van der Waals surface area contributed by atoms with Crippen LogP contribution in [0.2, 0.25) is 0 Å². The van der Waals surface area contributed by atoms with Gasteiger partial charge in [0, 0.05) is 16.8 Å². The number of nitrogens with zero attached hydrogens (tertiary/aromatic N) is 3. The molecule has 0 bridgehead atoms. The third-order valence-corrected chi connectivity index (χ3v) is 6.82. The van der Waals surface area contributed by atoms with Gasteiger partial charge in [0.2, 0.25) is 5.91 Å².